The molecule has 2 aliphatic heterocycles. The lowest BCUT2D eigenvalue weighted by molar-refractivity contribution is -0.00828. The maximum Gasteiger partial charge on any atom is 0.159 e. The summed E-state index contributed by atoms with van der Waals surface area (Å²) in [6.45, 7) is 9.23. The Labute approximate surface area is 219 Å². The Morgan fingerprint density at radius 1 is 1.14 bits per heavy atom. The van der Waals surface area contributed by atoms with E-state index < -0.39 is 0 Å². The molecular formula is C29H41N7O. The fourth-order valence-corrected chi connectivity index (χ4v) is 8.32. The largest absolute Gasteiger partial charge is 0.392 e. The van der Waals surface area contributed by atoms with Gasteiger partial charge in [-0.3, -0.25) is 14.3 Å². The van der Waals surface area contributed by atoms with E-state index >= 15 is 0 Å². The Kier molecular flexibility index (Phi) is 5.63. The fraction of sp³-hybridized carbons (Fsp3) is 0.690. The molecule has 4 atom stereocenters. The molecule has 198 valence electrons. The van der Waals surface area contributed by atoms with Crippen molar-refractivity contribution >= 4 is 16.7 Å². The second kappa shape index (κ2) is 8.80. The standard InChI is InChI=1S/C29H41N7O/c1-19-13-27(23-15-30-33(3)28(23)31-19)35-12-8-26-24(17-35)20(2)32-36(26)18-29-9-4-5-21(14-29)25(6-10-29)34-11-7-22(37)16-34/h13,15,21-22,25,37H,4-12,14,16-18H2,1-3H3/t21?,22-,25?,29?/m0/s1. The number of aryl methyl sites for hydroxylation is 3. The molecule has 4 aliphatic rings. The molecule has 7 rings (SSSR count). The predicted molar refractivity (Wildman–Crippen MR) is 145 cm³/mol. The number of fused-ring (bicyclic) bond motifs is 4. The Bertz CT molecular complexity index is 1330. The second-order valence-electron chi connectivity index (χ2n) is 12.5. The first-order valence-electron chi connectivity index (χ1n) is 14.4. The lowest BCUT2D eigenvalue weighted by Gasteiger charge is -2.51. The van der Waals surface area contributed by atoms with E-state index in [0.717, 1.165) is 68.2 Å². The van der Waals surface area contributed by atoms with Gasteiger partial charge in [-0.2, -0.15) is 10.2 Å². The molecular weight excluding hydrogens is 462 g/mol. The van der Waals surface area contributed by atoms with Gasteiger partial charge >= 0.3 is 0 Å². The molecule has 5 heterocycles. The highest BCUT2D eigenvalue weighted by atomic mass is 16.3. The molecule has 3 fully saturated rings. The monoisotopic (exact) mass is 503 g/mol. The van der Waals surface area contributed by atoms with Crippen molar-refractivity contribution < 1.29 is 5.11 Å². The summed E-state index contributed by atoms with van der Waals surface area (Å²) >= 11 is 0. The van der Waals surface area contributed by atoms with Gasteiger partial charge in [-0.1, -0.05) is 6.42 Å². The number of hydrogen-bond acceptors (Lipinski definition) is 6. The third-order valence-electron chi connectivity index (χ3n) is 10.1. The van der Waals surface area contributed by atoms with E-state index in [1.807, 2.05) is 17.9 Å². The highest BCUT2D eigenvalue weighted by Crippen LogP contribution is 2.51. The van der Waals surface area contributed by atoms with Crippen LogP contribution in [0.5, 0.6) is 0 Å². The van der Waals surface area contributed by atoms with E-state index in [9.17, 15) is 5.11 Å². The summed E-state index contributed by atoms with van der Waals surface area (Å²) in [5.74, 6) is 0.785. The number of rotatable bonds is 4. The fourth-order valence-electron chi connectivity index (χ4n) is 8.32. The van der Waals surface area contributed by atoms with Gasteiger partial charge in [0.05, 0.1) is 29.1 Å². The lowest BCUT2D eigenvalue weighted by atomic mass is 9.60. The van der Waals surface area contributed by atoms with Crippen molar-refractivity contribution in [1.29, 1.82) is 0 Å². The van der Waals surface area contributed by atoms with Crippen LogP contribution in [-0.2, 0) is 26.6 Å². The van der Waals surface area contributed by atoms with Crippen molar-refractivity contribution in [3.63, 3.8) is 0 Å². The highest BCUT2D eigenvalue weighted by Gasteiger charge is 2.46. The number of aromatic nitrogens is 5. The van der Waals surface area contributed by atoms with Crippen LogP contribution in [0, 0.1) is 25.2 Å². The van der Waals surface area contributed by atoms with E-state index in [0.29, 0.717) is 11.5 Å². The van der Waals surface area contributed by atoms with E-state index in [-0.39, 0.29) is 6.10 Å². The molecule has 1 N–H and O–H groups in total. The number of β-amino-alcohol motifs (C(OH)–C–C–N with tert-alkyl or cyclic N) is 1. The molecule has 3 aromatic rings. The third kappa shape index (κ3) is 3.98. The van der Waals surface area contributed by atoms with Gasteiger partial charge in [-0.05, 0) is 69.8 Å². The second-order valence-corrected chi connectivity index (χ2v) is 12.5. The number of pyridine rings is 1. The first-order chi connectivity index (χ1) is 17.9. The zero-order chi connectivity index (χ0) is 25.3. The van der Waals surface area contributed by atoms with E-state index in [4.69, 9.17) is 10.1 Å². The van der Waals surface area contributed by atoms with Crippen LogP contribution < -0.4 is 4.90 Å². The maximum atomic E-state index is 10.1. The first-order valence-corrected chi connectivity index (χ1v) is 14.4. The molecule has 0 radical (unpaired) electrons. The van der Waals surface area contributed by atoms with Crippen LogP contribution in [-0.4, -0.2) is 66.3 Å². The van der Waals surface area contributed by atoms with Gasteiger partial charge < -0.3 is 10.0 Å². The zero-order valence-electron chi connectivity index (χ0n) is 22.7. The molecule has 8 heteroatoms. The van der Waals surface area contributed by atoms with Gasteiger partial charge in [0.25, 0.3) is 0 Å². The first kappa shape index (κ1) is 23.7. The van der Waals surface area contributed by atoms with Crippen molar-refractivity contribution in [2.45, 2.75) is 90.4 Å². The highest BCUT2D eigenvalue weighted by molar-refractivity contribution is 5.89. The number of likely N-dealkylation sites (tertiary alicyclic amines) is 1. The summed E-state index contributed by atoms with van der Waals surface area (Å²) in [5.41, 5.74) is 7.70. The van der Waals surface area contributed by atoms with E-state index in [1.54, 1.807) is 0 Å². The minimum atomic E-state index is -0.112. The summed E-state index contributed by atoms with van der Waals surface area (Å²) in [5, 5.41) is 20.9. The van der Waals surface area contributed by atoms with Crippen LogP contribution in [0.3, 0.4) is 0 Å². The van der Waals surface area contributed by atoms with Crippen LogP contribution in [0.2, 0.25) is 0 Å². The van der Waals surface area contributed by atoms with Crippen molar-refractivity contribution in [2.24, 2.45) is 18.4 Å². The van der Waals surface area contributed by atoms with Crippen LogP contribution in [0.25, 0.3) is 11.0 Å². The SMILES string of the molecule is Cc1cc(N2CCc3c(c(C)nn3CC34CCCC(C3)C(N3CC[C@H](O)C3)CC4)C2)c2cnn(C)c2n1. The van der Waals surface area contributed by atoms with Crippen molar-refractivity contribution in [1.82, 2.24) is 29.4 Å². The summed E-state index contributed by atoms with van der Waals surface area (Å²) in [7, 11) is 1.97. The minimum absolute atomic E-state index is 0.112. The summed E-state index contributed by atoms with van der Waals surface area (Å²) in [6, 6.07) is 2.90. The molecule has 1 saturated heterocycles. The van der Waals surface area contributed by atoms with Gasteiger partial charge in [0.1, 0.15) is 0 Å². The molecule has 2 saturated carbocycles. The molecule has 8 nitrogen and oxygen atoms in total. The minimum Gasteiger partial charge on any atom is -0.392 e. The summed E-state index contributed by atoms with van der Waals surface area (Å²) in [4.78, 5) is 9.84. The third-order valence-corrected chi connectivity index (χ3v) is 10.1. The molecule has 2 bridgehead atoms. The number of nitrogens with zero attached hydrogens (tertiary/aromatic N) is 7. The number of aliphatic hydroxyl groups excluding tert-OH is 1. The zero-order valence-corrected chi connectivity index (χ0v) is 22.7. The normalized spacial score (nSPS) is 30.3. The van der Waals surface area contributed by atoms with E-state index in [2.05, 4.69) is 39.5 Å². The van der Waals surface area contributed by atoms with Crippen LogP contribution in [0.1, 0.15) is 67.6 Å². The van der Waals surface area contributed by atoms with Crippen molar-refractivity contribution in [2.75, 3.05) is 24.5 Å². The maximum absolute atomic E-state index is 10.1. The number of anilines is 1. The molecule has 0 amide bonds. The van der Waals surface area contributed by atoms with Crippen molar-refractivity contribution in [3.8, 4) is 0 Å². The smallest absolute Gasteiger partial charge is 0.159 e. The van der Waals surface area contributed by atoms with Crippen LogP contribution in [0.4, 0.5) is 5.69 Å². The molecule has 37 heavy (non-hydrogen) atoms. The van der Waals surface area contributed by atoms with Gasteiger partial charge in [-0.15, -0.1) is 0 Å². The van der Waals surface area contributed by atoms with Crippen molar-refractivity contribution in [3.05, 3.63) is 34.9 Å². The molecule has 0 spiro atoms. The molecule has 0 aromatic carbocycles. The quantitative estimate of drug-likeness (QED) is 0.585. The summed E-state index contributed by atoms with van der Waals surface area (Å²) in [6.07, 6.45) is 11.8. The average molecular weight is 504 g/mol. The molecule has 3 aromatic heterocycles. The van der Waals surface area contributed by atoms with Crippen LogP contribution >= 0.6 is 0 Å². The van der Waals surface area contributed by atoms with Gasteiger partial charge in [0, 0.05) is 69.2 Å². The van der Waals surface area contributed by atoms with Crippen LogP contribution in [0.15, 0.2) is 12.3 Å². The molecule has 3 unspecified atom stereocenters. The topological polar surface area (TPSA) is 75.2 Å². The Morgan fingerprint density at radius 2 is 2.03 bits per heavy atom. The van der Waals surface area contributed by atoms with Gasteiger partial charge in [-0.25, -0.2) is 4.98 Å². The van der Waals surface area contributed by atoms with Gasteiger partial charge in [0.2, 0.25) is 0 Å². The Hall–Kier alpha value is -2.45. The Balaban J connectivity index is 1.12. The van der Waals surface area contributed by atoms with E-state index in [1.165, 1.54) is 61.2 Å². The molecule has 2 aliphatic carbocycles. The number of hydrogen-bond donors (Lipinski definition) is 1. The predicted octanol–water partition coefficient (Wildman–Crippen LogP) is 3.75. The Morgan fingerprint density at radius 3 is 2.86 bits per heavy atom. The van der Waals surface area contributed by atoms with Gasteiger partial charge in [0.15, 0.2) is 5.65 Å². The number of aliphatic hydroxyl groups is 1. The lowest BCUT2D eigenvalue weighted by Crippen LogP contribution is -2.49. The average Bonchev–Trinajstić information content (AvgIpc) is 3.56. The summed E-state index contributed by atoms with van der Waals surface area (Å²) < 4.78 is 4.30.